The number of carbonyl (C=O) groups excluding carboxylic acids is 2. The molecule has 2 N–H and O–H groups in total. The number of anilines is 1. The number of rotatable bonds is 3. The molecule has 1 saturated heterocycles. The molecule has 106 valence electrons. The van der Waals surface area contributed by atoms with Crippen molar-refractivity contribution in [1.29, 1.82) is 0 Å². The molecule has 0 atom stereocenters. The summed E-state index contributed by atoms with van der Waals surface area (Å²) < 4.78 is 0. The summed E-state index contributed by atoms with van der Waals surface area (Å²) in [6.07, 6.45) is 2.95. The molecule has 1 aromatic rings. The van der Waals surface area contributed by atoms with Gasteiger partial charge in [-0.15, -0.1) is 0 Å². The number of hydrogen-bond donors (Lipinski definition) is 1. The van der Waals surface area contributed by atoms with Crippen molar-refractivity contribution in [3.05, 3.63) is 29.8 Å². The SMILES string of the molecule is CN1CC(=O)N(c2cccc(CC3(N)CC3)c2)CC1=O. The molecule has 2 aliphatic rings. The summed E-state index contributed by atoms with van der Waals surface area (Å²) in [7, 11) is 1.65. The Balaban J connectivity index is 1.81. The van der Waals surface area contributed by atoms with Crippen LogP contribution in [0.3, 0.4) is 0 Å². The van der Waals surface area contributed by atoms with E-state index in [1.54, 1.807) is 11.9 Å². The molecule has 1 saturated carbocycles. The van der Waals surface area contributed by atoms with Gasteiger partial charge in [0.1, 0.15) is 6.54 Å². The van der Waals surface area contributed by atoms with Crippen LogP contribution in [0.1, 0.15) is 18.4 Å². The number of nitrogens with zero attached hydrogens (tertiary/aromatic N) is 2. The van der Waals surface area contributed by atoms with Gasteiger partial charge in [-0.1, -0.05) is 12.1 Å². The second-order valence-corrected chi connectivity index (χ2v) is 5.94. The average Bonchev–Trinajstić information content (AvgIpc) is 3.11. The number of hydrogen-bond acceptors (Lipinski definition) is 3. The van der Waals surface area contributed by atoms with Gasteiger partial charge in [-0.2, -0.15) is 0 Å². The Hall–Kier alpha value is -1.88. The lowest BCUT2D eigenvalue weighted by atomic mass is 10.0. The molecule has 0 bridgehead atoms. The molecule has 2 amide bonds. The molecule has 1 heterocycles. The fraction of sp³-hybridized carbons (Fsp3) is 0.467. The van der Waals surface area contributed by atoms with E-state index in [0.29, 0.717) is 0 Å². The Morgan fingerprint density at radius 1 is 1.20 bits per heavy atom. The van der Waals surface area contributed by atoms with Crippen molar-refractivity contribution in [2.24, 2.45) is 5.73 Å². The highest BCUT2D eigenvalue weighted by atomic mass is 16.2. The van der Waals surface area contributed by atoms with E-state index in [4.69, 9.17) is 5.73 Å². The standard InChI is InChI=1S/C15H19N3O2/c1-17-9-14(20)18(10-13(17)19)12-4-2-3-11(7-12)8-15(16)5-6-15/h2-4,7H,5-6,8-10,16H2,1H3. The van der Waals surface area contributed by atoms with Crippen LogP contribution in [0.15, 0.2) is 24.3 Å². The average molecular weight is 273 g/mol. The van der Waals surface area contributed by atoms with Crippen LogP contribution < -0.4 is 10.6 Å². The minimum absolute atomic E-state index is 0.0347. The third kappa shape index (κ3) is 2.54. The Morgan fingerprint density at radius 2 is 1.95 bits per heavy atom. The van der Waals surface area contributed by atoms with E-state index in [1.807, 2.05) is 24.3 Å². The summed E-state index contributed by atoms with van der Waals surface area (Å²) in [6.45, 7) is 0.260. The maximum atomic E-state index is 12.1. The van der Waals surface area contributed by atoms with Crippen LogP contribution in [0.5, 0.6) is 0 Å². The number of nitrogens with two attached hydrogens (primary N) is 1. The molecule has 0 radical (unpaired) electrons. The van der Waals surface area contributed by atoms with E-state index in [0.717, 1.165) is 30.5 Å². The summed E-state index contributed by atoms with van der Waals surface area (Å²) in [4.78, 5) is 26.8. The Bertz CT molecular complexity index is 566. The Morgan fingerprint density at radius 3 is 2.65 bits per heavy atom. The van der Waals surface area contributed by atoms with Gasteiger partial charge in [0, 0.05) is 18.3 Å². The molecule has 1 aliphatic heterocycles. The van der Waals surface area contributed by atoms with Gasteiger partial charge in [0.2, 0.25) is 11.8 Å². The van der Waals surface area contributed by atoms with E-state index < -0.39 is 0 Å². The van der Waals surface area contributed by atoms with Crippen LogP contribution in [-0.4, -0.2) is 42.4 Å². The highest BCUT2D eigenvalue weighted by Crippen LogP contribution is 2.36. The maximum Gasteiger partial charge on any atom is 0.247 e. The molecule has 5 nitrogen and oxygen atoms in total. The zero-order chi connectivity index (χ0) is 14.3. The van der Waals surface area contributed by atoms with Crippen molar-refractivity contribution < 1.29 is 9.59 Å². The zero-order valence-corrected chi connectivity index (χ0v) is 11.6. The molecule has 2 fully saturated rings. The van der Waals surface area contributed by atoms with Gasteiger partial charge in [0.05, 0.1) is 6.54 Å². The molecule has 0 unspecified atom stereocenters. The minimum atomic E-state index is -0.0550. The molecule has 3 rings (SSSR count). The van der Waals surface area contributed by atoms with Crippen LogP contribution in [0.25, 0.3) is 0 Å². The van der Waals surface area contributed by atoms with Gasteiger partial charge >= 0.3 is 0 Å². The van der Waals surface area contributed by atoms with Crippen molar-refractivity contribution in [3.63, 3.8) is 0 Å². The molecular weight excluding hydrogens is 254 g/mol. The molecule has 0 aromatic heterocycles. The summed E-state index contributed by atoms with van der Waals surface area (Å²) in [5.41, 5.74) is 7.99. The maximum absolute atomic E-state index is 12.1. The van der Waals surface area contributed by atoms with Crippen LogP contribution in [0.4, 0.5) is 5.69 Å². The topological polar surface area (TPSA) is 66.6 Å². The van der Waals surface area contributed by atoms with Gasteiger partial charge in [-0.25, -0.2) is 0 Å². The highest BCUT2D eigenvalue weighted by molar-refractivity contribution is 6.04. The lowest BCUT2D eigenvalue weighted by Gasteiger charge is -2.31. The lowest BCUT2D eigenvalue weighted by Crippen LogP contribution is -2.52. The Labute approximate surface area is 118 Å². The number of piperazine rings is 1. The van der Waals surface area contributed by atoms with Crippen molar-refractivity contribution in [2.75, 3.05) is 25.0 Å². The third-order valence-electron chi connectivity index (χ3n) is 4.06. The monoisotopic (exact) mass is 273 g/mol. The molecule has 20 heavy (non-hydrogen) atoms. The van der Waals surface area contributed by atoms with Crippen molar-refractivity contribution in [1.82, 2.24) is 4.90 Å². The summed E-state index contributed by atoms with van der Waals surface area (Å²) >= 11 is 0. The van der Waals surface area contributed by atoms with E-state index in [9.17, 15) is 9.59 Å². The zero-order valence-electron chi connectivity index (χ0n) is 11.6. The first kappa shape index (κ1) is 13.1. The molecule has 1 aliphatic carbocycles. The fourth-order valence-electron chi connectivity index (χ4n) is 2.53. The second-order valence-electron chi connectivity index (χ2n) is 5.94. The molecule has 1 aromatic carbocycles. The largest absolute Gasteiger partial charge is 0.335 e. The minimum Gasteiger partial charge on any atom is -0.335 e. The second kappa shape index (κ2) is 4.59. The highest BCUT2D eigenvalue weighted by Gasteiger charge is 2.38. The molecule has 5 heteroatoms. The van der Waals surface area contributed by atoms with E-state index in [-0.39, 0.29) is 30.4 Å². The number of likely N-dealkylation sites (N-methyl/N-ethyl adjacent to an activating group) is 1. The van der Waals surface area contributed by atoms with Crippen LogP contribution in [-0.2, 0) is 16.0 Å². The number of benzene rings is 1. The predicted molar refractivity (Wildman–Crippen MR) is 76.3 cm³/mol. The van der Waals surface area contributed by atoms with Crippen LogP contribution in [0, 0.1) is 0 Å². The first-order chi connectivity index (χ1) is 9.47. The normalized spacial score (nSPS) is 21.3. The van der Waals surface area contributed by atoms with E-state index >= 15 is 0 Å². The van der Waals surface area contributed by atoms with Gasteiger partial charge in [0.15, 0.2) is 0 Å². The first-order valence-electron chi connectivity index (χ1n) is 6.89. The van der Waals surface area contributed by atoms with Crippen molar-refractivity contribution >= 4 is 17.5 Å². The number of carbonyl (C=O) groups is 2. The first-order valence-corrected chi connectivity index (χ1v) is 6.89. The summed E-state index contributed by atoms with van der Waals surface area (Å²) in [6, 6.07) is 7.80. The summed E-state index contributed by atoms with van der Waals surface area (Å²) in [5.74, 6) is -0.0781. The smallest absolute Gasteiger partial charge is 0.247 e. The van der Waals surface area contributed by atoms with Gasteiger partial charge in [-0.05, 0) is 37.0 Å². The van der Waals surface area contributed by atoms with Crippen molar-refractivity contribution in [2.45, 2.75) is 24.8 Å². The van der Waals surface area contributed by atoms with E-state index in [1.165, 1.54) is 4.90 Å². The van der Waals surface area contributed by atoms with Crippen molar-refractivity contribution in [3.8, 4) is 0 Å². The van der Waals surface area contributed by atoms with Gasteiger partial charge < -0.3 is 15.5 Å². The van der Waals surface area contributed by atoms with E-state index in [2.05, 4.69) is 0 Å². The Kier molecular flexibility index (Phi) is 3.01. The summed E-state index contributed by atoms with van der Waals surface area (Å²) in [5, 5.41) is 0. The number of amides is 2. The van der Waals surface area contributed by atoms with Gasteiger partial charge in [-0.3, -0.25) is 9.59 Å². The third-order valence-corrected chi connectivity index (χ3v) is 4.06. The lowest BCUT2D eigenvalue weighted by molar-refractivity contribution is -0.136. The fourth-order valence-corrected chi connectivity index (χ4v) is 2.53. The van der Waals surface area contributed by atoms with Crippen LogP contribution >= 0.6 is 0 Å². The van der Waals surface area contributed by atoms with Crippen LogP contribution in [0.2, 0.25) is 0 Å². The quantitative estimate of drug-likeness (QED) is 0.873. The molecule has 0 spiro atoms. The van der Waals surface area contributed by atoms with Gasteiger partial charge in [0.25, 0.3) is 0 Å². The predicted octanol–water partition coefficient (Wildman–Crippen LogP) is 0.525. The molecular formula is C15H19N3O2.